The highest BCUT2D eigenvalue weighted by molar-refractivity contribution is 6.02. The van der Waals surface area contributed by atoms with Crippen molar-refractivity contribution in [2.75, 3.05) is 63.8 Å². The Morgan fingerprint density at radius 2 is 1.69 bits per heavy atom. The molecule has 0 aromatic heterocycles. The second kappa shape index (κ2) is 12.0. The molecule has 0 spiro atoms. The molecular weight excluding hydrogens is 536 g/mol. The van der Waals surface area contributed by atoms with E-state index in [0.29, 0.717) is 62.7 Å². The lowest BCUT2D eigenvalue weighted by Crippen LogP contribution is -2.53. The predicted molar refractivity (Wildman–Crippen MR) is 160 cm³/mol. The van der Waals surface area contributed by atoms with Crippen LogP contribution in [-0.2, 0) is 14.3 Å². The number of ketones is 1. The number of benzene rings is 2. The molecule has 2 amide bonds. The zero-order valence-electron chi connectivity index (χ0n) is 25.1. The highest BCUT2D eigenvalue weighted by atomic mass is 16.6. The Bertz CT molecular complexity index is 1400. The van der Waals surface area contributed by atoms with Gasteiger partial charge in [-0.3, -0.25) is 9.59 Å². The van der Waals surface area contributed by atoms with Crippen LogP contribution < -0.4 is 19.7 Å². The van der Waals surface area contributed by atoms with Crippen LogP contribution in [0.1, 0.15) is 45.2 Å². The van der Waals surface area contributed by atoms with Crippen LogP contribution in [0.25, 0.3) is 0 Å². The lowest BCUT2D eigenvalue weighted by molar-refractivity contribution is -0.131. The van der Waals surface area contributed by atoms with E-state index in [-0.39, 0.29) is 29.7 Å². The monoisotopic (exact) mass is 576 g/mol. The highest BCUT2D eigenvalue weighted by Gasteiger charge is 2.43. The summed E-state index contributed by atoms with van der Waals surface area (Å²) in [5.41, 5.74) is 3.73. The zero-order chi connectivity index (χ0) is 30.0. The first-order valence-corrected chi connectivity index (χ1v) is 14.5. The number of hydrogen-bond acceptors (Lipinski definition) is 8. The van der Waals surface area contributed by atoms with E-state index in [4.69, 9.17) is 14.2 Å². The van der Waals surface area contributed by atoms with Crippen LogP contribution >= 0.6 is 0 Å². The number of carbonyl (C=O) groups is 3. The Morgan fingerprint density at radius 3 is 2.38 bits per heavy atom. The Labute approximate surface area is 247 Å². The summed E-state index contributed by atoms with van der Waals surface area (Å²) in [6, 6.07) is 12.9. The van der Waals surface area contributed by atoms with E-state index in [1.165, 1.54) is 0 Å². The van der Waals surface area contributed by atoms with Gasteiger partial charge in [0.2, 0.25) is 5.91 Å². The van der Waals surface area contributed by atoms with Gasteiger partial charge >= 0.3 is 6.09 Å². The second-order valence-electron chi connectivity index (χ2n) is 11.7. The largest absolute Gasteiger partial charge is 0.497 e. The first-order chi connectivity index (χ1) is 20.2. The number of fused-ring (bicyclic) bond motifs is 1. The topological polar surface area (TPSA) is 101 Å². The maximum Gasteiger partial charge on any atom is 0.409 e. The predicted octanol–water partition coefficient (Wildman–Crippen LogP) is 4.62. The van der Waals surface area contributed by atoms with Crippen molar-refractivity contribution in [2.45, 2.75) is 39.7 Å². The van der Waals surface area contributed by atoms with Crippen molar-refractivity contribution < 1.29 is 28.6 Å². The third-order valence-electron chi connectivity index (χ3n) is 8.20. The van der Waals surface area contributed by atoms with Crippen LogP contribution in [0.2, 0.25) is 0 Å². The minimum atomic E-state index is -0.578. The van der Waals surface area contributed by atoms with E-state index in [1.807, 2.05) is 47.4 Å². The van der Waals surface area contributed by atoms with Crippen molar-refractivity contribution >= 4 is 29.2 Å². The first kappa shape index (κ1) is 29.3. The molecular formula is C32H40N4O6. The number of methoxy groups -OCH3 is 2. The summed E-state index contributed by atoms with van der Waals surface area (Å²) in [6.07, 6.45) is 0.729. The Balaban J connectivity index is 1.57. The van der Waals surface area contributed by atoms with Crippen LogP contribution in [0.3, 0.4) is 0 Å². The van der Waals surface area contributed by atoms with Gasteiger partial charge in [-0.15, -0.1) is 0 Å². The number of para-hydroxylation sites is 2. The number of piperazine rings is 1. The number of nitrogens with one attached hydrogen (secondary N) is 1. The third kappa shape index (κ3) is 5.75. The quantitative estimate of drug-likeness (QED) is 0.532. The summed E-state index contributed by atoms with van der Waals surface area (Å²) < 4.78 is 16.4. The van der Waals surface area contributed by atoms with Gasteiger partial charge in [-0.1, -0.05) is 26.0 Å². The van der Waals surface area contributed by atoms with Crippen molar-refractivity contribution in [3.63, 3.8) is 0 Å². The number of ether oxygens (including phenoxy) is 3. The van der Waals surface area contributed by atoms with Crippen LogP contribution in [0, 0.1) is 5.41 Å². The normalized spacial score (nSPS) is 19.8. The average Bonchev–Trinajstić information content (AvgIpc) is 3.10. The van der Waals surface area contributed by atoms with Crippen LogP contribution in [0.4, 0.5) is 16.2 Å². The molecule has 3 aliphatic rings. The van der Waals surface area contributed by atoms with E-state index in [0.717, 1.165) is 22.6 Å². The zero-order valence-corrected chi connectivity index (χ0v) is 25.1. The molecule has 2 aliphatic heterocycles. The highest BCUT2D eigenvalue weighted by Crippen LogP contribution is 2.50. The van der Waals surface area contributed by atoms with Gasteiger partial charge in [-0.2, -0.15) is 0 Å². The summed E-state index contributed by atoms with van der Waals surface area (Å²) in [7, 11) is 3.20. The smallest absolute Gasteiger partial charge is 0.409 e. The van der Waals surface area contributed by atoms with Crippen molar-refractivity contribution in [2.24, 2.45) is 5.41 Å². The van der Waals surface area contributed by atoms with Crippen molar-refractivity contribution in [3.8, 4) is 11.5 Å². The van der Waals surface area contributed by atoms with Crippen molar-refractivity contribution in [1.82, 2.24) is 9.80 Å². The molecule has 2 aromatic carbocycles. The summed E-state index contributed by atoms with van der Waals surface area (Å²) in [6.45, 7) is 7.95. The Hall–Kier alpha value is -4.21. The van der Waals surface area contributed by atoms with E-state index in [2.05, 4.69) is 19.2 Å². The fourth-order valence-corrected chi connectivity index (χ4v) is 6.19. The molecule has 1 saturated heterocycles. The third-order valence-corrected chi connectivity index (χ3v) is 8.20. The molecule has 1 aliphatic carbocycles. The Morgan fingerprint density at radius 1 is 0.976 bits per heavy atom. The lowest BCUT2D eigenvalue weighted by atomic mass is 9.73. The minimum Gasteiger partial charge on any atom is -0.497 e. The summed E-state index contributed by atoms with van der Waals surface area (Å²) >= 11 is 0. The van der Waals surface area contributed by atoms with E-state index >= 15 is 0 Å². The van der Waals surface area contributed by atoms with E-state index < -0.39 is 6.04 Å². The van der Waals surface area contributed by atoms with Gasteiger partial charge in [0, 0.05) is 55.5 Å². The molecule has 10 nitrogen and oxygen atoms in total. The van der Waals surface area contributed by atoms with Gasteiger partial charge in [0.1, 0.15) is 11.5 Å². The lowest BCUT2D eigenvalue weighted by Gasteiger charge is -2.40. The van der Waals surface area contributed by atoms with Gasteiger partial charge in [0.15, 0.2) is 5.78 Å². The van der Waals surface area contributed by atoms with Crippen LogP contribution in [0.15, 0.2) is 53.7 Å². The van der Waals surface area contributed by atoms with Gasteiger partial charge < -0.3 is 34.2 Å². The van der Waals surface area contributed by atoms with Crippen LogP contribution in [-0.4, -0.2) is 81.1 Å². The van der Waals surface area contributed by atoms with Crippen LogP contribution in [0.5, 0.6) is 11.5 Å². The molecule has 10 heteroatoms. The molecule has 1 fully saturated rings. The second-order valence-corrected chi connectivity index (χ2v) is 11.7. The first-order valence-electron chi connectivity index (χ1n) is 14.5. The molecule has 2 heterocycles. The fraction of sp³-hybridized carbons (Fsp3) is 0.469. The molecule has 0 radical (unpaired) electrons. The molecule has 1 N–H and O–H groups in total. The molecule has 0 bridgehead atoms. The molecule has 2 aromatic rings. The van der Waals surface area contributed by atoms with Gasteiger partial charge in [-0.25, -0.2) is 4.79 Å². The standard InChI is InChI=1S/C32H40N4O6/c1-6-42-31(39)35-15-13-34(14-16-35)28(38)20-36-25-10-8-7-9-23(25)33-24-18-32(2,3)19-26(37)29(24)30(36)22-12-11-21(40-4)17-27(22)41-5/h7-12,17,30,33H,6,13-16,18-20H2,1-5H3. The number of hydrogen-bond donors (Lipinski definition) is 1. The number of allylic oxidation sites excluding steroid dienone is 1. The number of nitrogens with zero attached hydrogens (tertiary/aromatic N) is 3. The molecule has 1 unspecified atom stereocenters. The molecule has 42 heavy (non-hydrogen) atoms. The van der Waals surface area contributed by atoms with Gasteiger partial charge in [0.25, 0.3) is 0 Å². The number of carbonyl (C=O) groups excluding carboxylic acids is 3. The molecule has 1 atom stereocenters. The summed E-state index contributed by atoms with van der Waals surface area (Å²) in [4.78, 5) is 45.6. The summed E-state index contributed by atoms with van der Waals surface area (Å²) in [5.74, 6) is 1.17. The van der Waals surface area contributed by atoms with Gasteiger partial charge in [0.05, 0.1) is 44.8 Å². The molecule has 0 saturated carbocycles. The number of Topliss-reactive ketones (excluding diaryl/α,β-unsaturated/α-hetero) is 1. The fourth-order valence-electron chi connectivity index (χ4n) is 6.19. The summed E-state index contributed by atoms with van der Waals surface area (Å²) in [5, 5.41) is 3.59. The van der Waals surface area contributed by atoms with E-state index in [9.17, 15) is 14.4 Å². The maximum atomic E-state index is 14.0. The molecule has 5 rings (SSSR count). The SMILES string of the molecule is CCOC(=O)N1CCN(C(=O)CN2c3ccccc3NC3=C(C(=O)CC(C)(C)C3)C2c2ccc(OC)cc2OC)CC1. The average molecular weight is 577 g/mol. The van der Waals surface area contributed by atoms with Crippen molar-refractivity contribution in [1.29, 1.82) is 0 Å². The minimum absolute atomic E-state index is 0.0331. The number of amides is 2. The molecule has 224 valence electrons. The number of rotatable bonds is 6. The van der Waals surface area contributed by atoms with E-state index in [1.54, 1.807) is 30.9 Å². The number of anilines is 2. The van der Waals surface area contributed by atoms with Crippen molar-refractivity contribution in [3.05, 3.63) is 59.3 Å². The maximum absolute atomic E-state index is 14.0. The van der Waals surface area contributed by atoms with Gasteiger partial charge in [-0.05, 0) is 43.0 Å². The Kier molecular flexibility index (Phi) is 8.34.